The van der Waals surface area contributed by atoms with Crippen molar-refractivity contribution in [3.8, 4) is 0 Å². The highest BCUT2D eigenvalue weighted by atomic mass is 19.1. The van der Waals surface area contributed by atoms with Gasteiger partial charge in [-0.1, -0.05) is 13.0 Å². The molecule has 1 unspecified atom stereocenters. The van der Waals surface area contributed by atoms with E-state index in [1.807, 2.05) is 26.8 Å². The molecule has 2 aromatic rings. The van der Waals surface area contributed by atoms with Gasteiger partial charge in [0.25, 0.3) is 0 Å². The number of hydrogen-bond donors (Lipinski definition) is 1. The largest absolute Gasteiger partial charge is 0.307 e. The van der Waals surface area contributed by atoms with Crippen molar-refractivity contribution in [2.45, 2.75) is 33.7 Å². The van der Waals surface area contributed by atoms with E-state index in [0.717, 1.165) is 34.6 Å². The molecule has 1 N–H and O–H groups in total. The van der Waals surface area contributed by atoms with Crippen LogP contribution in [0.5, 0.6) is 0 Å². The summed E-state index contributed by atoms with van der Waals surface area (Å²) >= 11 is 0. The van der Waals surface area contributed by atoms with Gasteiger partial charge in [0.05, 0.1) is 6.04 Å². The van der Waals surface area contributed by atoms with Crippen LogP contribution in [0.4, 0.5) is 4.39 Å². The second-order valence-electron chi connectivity index (χ2n) is 5.24. The maximum atomic E-state index is 13.7. The van der Waals surface area contributed by atoms with Gasteiger partial charge in [-0.2, -0.15) is 0 Å². The molecule has 2 rings (SSSR count). The Labute approximate surface area is 120 Å². The van der Waals surface area contributed by atoms with Crippen molar-refractivity contribution in [1.29, 1.82) is 0 Å². The van der Waals surface area contributed by atoms with Crippen LogP contribution in [0.1, 0.15) is 41.0 Å². The van der Waals surface area contributed by atoms with Gasteiger partial charge in [-0.05, 0) is 68.3 Å². The van der Waals surface area contributed by atoms with Gasteiger partial charge in [-0.25, -0.2) is 4.39 Å². The molecule has 1 atom stereocenters. The van der Waals surface area contributed by atoms with E-state index in [-0.39, 0.29) is 11.9 Å². The van der Waals surface area contributed by atoms with E-state index in [9.17, 15) is 4.39 Å². The predicted octanol–water partition coefficient (Wildman–Crippen LogP) is 3.84. The van der Waals surface area contributed by atoms with Crippen LogP contribution < -0.4 is 5.32 Å². The third-order valence-electron chi connectivity index (χ3n) is 3.24. The first-order chi connectivity index (χ1) is 9.49. The summed E-state index contributed by atoms with van der Waals surface area (Å²) in [6, 6.07) is 9.29. The molecule has 0 aliphatic carbocycles. The number of halogens is 1. The molecular formula is C17H21FN2. The van der Waals surface area contributed by atoms with Crippen LogP contribution in [0, 0.1) is 26.6 Å². The summed E-state index contributed by atoms with van der Waals surface area (Å²) in [7, 11) is 0. The van der Waals surface area contributed by atoms with E-state index in [1.54, 1.807) is 12.1 Å². The molecule has 0 fully saturated rings. The summed E-state index contributed by atoms with van der Waals surface area (Å²) in [5.74, 6) is -0.189. The monoisotopic (exact) mass is 272 g/mol. The molecule has 1 aromatic carbocycles. The van der Waals surface area contributed by atoms with Crippen molar-refractivity contribution in [1.82, 2.24) is 10.3 Å². The average Bonchev–Trinajstić information content (AvgIpc) is 2.33. The van der Waals surface area contributed by atoms with Crippen molar-refractivity contribution < 1.29 is 4.39 Å². The maximum absolute atomic E-state index is 13.7. The van der Waals surface area contributed by atoms with Crippen molar-refractivity contribution in [2.24, 2.45) is 0 Å². The second-order valence-corrected chi connectivity index (χ2v) is 5.24. The molecule has 0 aliphatic rings. The van der Waals surface area contributed by atoms with Crippen molar-refractivity contribution in [2.75, 3.05) is 6.54 Å². The number of nitrogens with zero attached hydrogens (tertiary/aromatic N) is 1. The van der Waals surface area contributed by atoms with Crippen LogP contribution in [0.15, 0.2) is 30.3 Å². The Bertz CT molecular complexity index is 516. The van der Waals surface area contributed by atoms with Gasteiger partial charge < -0.3 is 5.32 Å². The average molecular weight is 272 g/mol. The number of hydrogen-bond acceptors (Lipinski definition) is 2. The minimum atomic E-state index is -0.189. The van der Waals surface area contributed by atoms with Crippen LogP contribution in [-0.4, -0.2) is 11.5 Å². The summed E-state index contributed by atoms with van der Waals surface area (Å²) in [4.78, 5) is 4.40. The lowest BCUT2D eigenvalue weighted by molar-refractivity contribution is 0.601. The summed E-state index contributed by atoms with van der Waals surface area (Å²) < 4.78 is 13.7. The number of aryl methyl sites for hydroxylation is 3. The summed E-state index contributed by atoms with van der Waals surface area (Å²) in [6.45, 7) is 8.76. The molecule has 0 radical (unpaired) electrons. The molecule has 0 saturated carbocycles. The second kappa shape index (κ2) is 6.14. The molecule has 106 valence electrons. The Kier molecular flexibility index (Phi) is 4.50. The fraction of sp³-hybridized carbons (Fsp3) is 0.353. The SMILES string of the molecule is CCNC(c1cc(C)cc(F)c1)c1cc(C)nc(C)c1. The summed E-state index contributed by atoms with van der Waals surface area (Å²) in [6.07, 6.45) is 0. The van der Waals surface area contributed by atoms with Crippen LogP contribution in [0.3, 0.4) is 0 Å². The van der Waals surface area contributed by atoms with E-state index in [4.69, 9.17) is 0 Å². The molecule has 0 spiro atoms. The van der Waals surface area contributed by atoms with E-state index in [1.165, 1.54) is 0 Å². The smallest absolute Gasteiger partial charge is 0.123 e. The molecule has 2 nitrogen and oxygen atoms in total. The maximum Gasteiger partial charge on any atom is 0.123 e. The zero-order valence-electron chi connectivity index (χ0n) is 12.5. The first-order valence-electron chi connectivity index (χ1n) is 6.95. The van der Waals surface area contributed by atoms with Gasteiger partial charge in [-0.15, -0.1) is 0 Å². The fourth-order valence-electron chi connectivity index (χ4n) is 2.60. The van der Waals surface area contributed by atoms with Crippen molar-refractivity contribution in [3.63, 3.8) is 0 Å². The van der Waals surface area contributed by atoms with Crippen LogP contribution >= 0.6 is 0 Å². The normalized spacial score (nSPS) is 12.4. The minimum Gasteiger partial charge on any atom is -0.307 e. The third kappa shape index (κ3) is 3.42. The Morgan fingerprint density at radius 1 is 1.00 bits per heavy atom. The lowest BCUT2D eigenvalue weighted by Crippen LogP contribution is -2.22. The van der Waals surface area contributed by atoms with E-state index < -0.39 is 0 Å². The van der Waals surface area contributed by atoms with Crippen LogP contribution in [-0.2, 0) is 0 Å². The minimum absolute atomic E-state index is 0.00481. The highest BCUT2D eigenvalue weighted by Gasteiger charge is 2.15. The molecule has 0 aliphatic heterocycles. The molecule has 0 amide bonds. The zero-order valence-corrected chi connectivity index (χ0v) is 12.5. The molecule has 0 bridgehead atoms. The number of nitrogens with one attached hydrogen (secondary N) is 1. The van der Waals surface area contributed by atoms with Gasteiger partial charge >= 0.3 is 0 Å². The Morgan fingerprint density at radius 3 is 2.15 bits per heavy atom. The number of aromatic nitrogens is 1. The third-order valence-corrected chi connectivity index (χ3v) is 3.24. The summed E-state index contributed by atoms with van der Waals surface area (Å²) in [5.41, 5.74) is 4.98. The lowest BCUT2D eigenvalue weighted by Gasteiger charge is -2.20. The zero-order chi connectivity index (χ0) is 14.7. The quantitative estimate of drug-likeness (QED) is 0.914. The standard InChI is InChI=1S/C17H21FN2/c1-5-19-17(14-6-11(2)7-16(18)10-14)15-8-12(3)20-13(4)9-15/h6-10,17,19H,5H2,1-4H3. The topological polar surface area (TPSA) is 24.9 Å². The molecule has 0 saturated heterocycles. The Morgan fingerprint density at radius 2 is 1.60 bits per heavy atom. The Hall–Kier alpha value is -1.74. The highest BCUT2D eigenvalue weighted by molar-refractivity contribution is 5.35. The molecule has 20 heavy (non-hydrogen) atoms. The van der Waals surface area contributed by atoms with Crippen LogP contribution in [0.2, 0.25) is 0 Å². The van der Waals surface area contributed by atoms with Gasteiger partial charge in [0.15, 0.2) is 0 Å². The van der Waals surface area contributed by atoms with Gasteiger partial charge in [0, 0.05) is 11.4 Å². The summed E-state index contributed by atoms with van der Waals surface area (Å²) in [5, 5.41) is 3.43. The number of benzene rings is 1. The van der Waals surface area contributed by atoms with Crippen molar-refractivity contribution in [3.05, 3.63) is 64.2 Å². The van der Waals surface area contributed by atoms with Gasteiger partial charge in [-0.3, -0.25) is 4.98 Å². The lowest BCUT2D eigenvalue weighted by atomic mass is 9.96. The fourth-order valence-corrected chi connectivity index (χ4v) is 2.60. The molecular weight excluding hydrogens is 251 g/mol. The number of pyridine rings is 1. The van der Waals surface area contributed by atoms with E-state index >= 15 is 0 Å². The van der Waals surface area contributed by atoms with E-state index in [2.05, 4.69) is 29.4 Å². The molecule has 1 heterocycles. The van der Waals surface area contributed by atoms with Gasteiger partial charge in [0.2, 0.25) is 0 Å². The Balaban J connectivity index is 2.49. The van der Waals surface area contributed by atoms with E-state index in [0.29, 0.717) is 0 Å². The highest BCUT2D eigenvalue weighted by Crippen LogP contribution is 2.24. The first kappa shape index (κ1) is 14.7. The first-order valence-corrected chi connectivity index (χ1v) is 6.95. The van der Waals surface area contributed by atoms with Gasteiger partial charge in [0.1, 0.15) is 5.82 Å². The molecule has 3 heteroatoms. The predicted molar refractivity (Wildman–Crippen MR) is 80.4 cm³/mol. The van der Waals surface area contributed by atoms with Crippen LogP contribution in [0.25, 0.3) is 0 Å². The van der Waals surface area contributed by atoms with Crippen molar-refractivity contribution >= 4 is 0 Å². The number of rotatable bonds is 4. The molecule has 1 aromatic heterocycles.